The van der Waals surface area contributed by atoms with Crippen molar-refractivity contribution in [1.29, 1.82) is 0 Å². The lowest BCUT2D eigenvalue weighted by molar-refractivity contribution is -0.00101. The molecule has 1 aromatic heterocycles. The number of rotatable bonds is 5. The lowest BCUT2D eigenvalue weighted by Gasteiger charge is -2.38. The standard InChI is InChI=1S/C26H25FN2O5S/c1-35(31,32)34-25-16-21(20-7-4-5-18(15-20)17-28)13-14-29(25)26(30)24-12-11-22(33-24)10-9-19-6-2-3-8-23(19)27/h2-8,11-12,15,21,25H,13-14,16-17,28H2,1H3. The fraction of sp³-hybridized carbons (Fsp3) is 0.269. The Labute approximate surface area is 203 Å². The maximum absolute atomic E-state index is 13.8. The minimum atomic E-state index is -3.83. The Morgan fingerprint density at radius 3 is 2.71 bits per heavy atom. The van der Waals surface area contributed by atoms with Gasteiger partial charge in [0.15, 0.2) is 17.7 Å². The van der Waals surface area contributed by atoms with Crippen LogP contribution >= 0.6 is 0 Å². The third kappa shape index (κ3) is 6.17. The summed E-state index contributed by atoms with van der Waals surface area (Å²) in [4.78, 5) is 14.6. The second-order valence-corrected chi connectivity index (χ2v) is 9.92. The molecule has 182 valence electrons. The second kappa shape index (κ2) is 10.4. The Hall–Kier alpha value is -3.45. The van der Waals surface area contributed by atoms with E-state index < -0.39 is 28.1 Å². The van der Waals surface area contributed by atoms with Gasteiger partial charge in [-0.05, 0) is 53.7 Å². The van der Waals surface area contributed by atoms with Crippen LogP contribution in [0.15, 0.2) is 65.1 Å². The molecular weight excluding hydrogens is 471 g/mol. The Morgan fingerprint density at radius 1 is 1.17 bits per heavy atom. The van der Waals surface area contributed by atoms with Crippen LogP contribution in [0.3, 0.4) is 0 Å². The van der Waals surface area contributed by atoms with E-state index in [0.717, 1.165) is 17.4 Å². The summed E-state index contributed by atoms with van der Waals surface area (Å²) in [5.41, 5.74) is 7.95. The average molecular weight is 497 g/mol. The van der Waals surface area contributed by atoms with Crippen molar-refractivity contribution in [3.8, 4) is 11.8 Å². The first-order valence-corrected chi connectivity index (χ1v) is 12.9. The molecule has 2 aromatic carbocycles. The summed E-state index contributed by atoms with van der Waals surface area (Å²) in [5, 5.41) is 0. The number of halogens is 1. The summed E-state index contributed by atoms with van der Waals surface area (Å²) in [6, 6.07) is 16.8. The number of hydrogen-bond donors (Lipinski definition) is 1. The molecule has 1 saturated heterocycles. The molecule has 7 nitrogen and oxygen atoms in total. The predicted molar refractivity (Wildman–Crippen MR) is 128 cm³/mol. The highest BCUT2D eigenvalue weighted by molar-refractivity contribution is 7.86. The van der Waals surface area contributed by atoms with E-state index in [1.807, 2.05) is 24.3 Å². The van der Waals surface area contributed by atoms with E-state index in [1.165, 1.54) is 29.2 Å². The van der Waals surface area contributed by atoms with Gasteiger partial charge in [0.25, 0.3) is 16.0 Å². The molecule has 2 unspecified atom stereocenters. The van der Waals surface area contributed by atoms with E-state index in [4.69, 9.17) is 14.3 Å². The van der Waals surface area contributed by atoms with Crippen LogP contribution in [0, 0.1) is 17.7 Å². The summed E-state index contributed by atoms with van der Waals surface area (Å²) in [7, 11) is -3.83. The molecule has 1 aliphatic rings. The topological polar surface area (TPSA) is 103 Å². The van der Waals surface area contributed by atoms with Crippen molar-refractivity contribution < 1.29 is 26.2 Å². The largest absolute Gasteiger partial charge is 0.443 e. The highest BCUT2D eigenvalue weighted by atomic mass is 32.2. The van der Waals surface area contributed by atoms with Crippen molar-refractivity contribution in [1.82, 2.24) is 4.90 Å². The average Bonchev–Trinajstić information content (AvgIpc) is 3.31. The zero-order chi connectivity index (χ0) is 25.0. The molecule has 0 bridgehead atoms. The number of likely N-dealkylation sites (tertiary alicyclic amines) is 1. The zero-order valence-corrected chi connectivity index (χ0v) is 19.9. The van der Waals surface area contributed by atoms with Gasteiger partial charge in [0, 0.05) is 19.5 Å². The molecule has 9 heteroatoms. The van der Waals surface area contributed by atoms with Gasteiger partial charge in [-0.2, -0.15) is 8.42 Å². The molecule has 0 saturated carbocycles. The highest BCUT2D eigenvalue weighted by Crippen LogP contribution is 2.34. The predicted octanol–water partition coefficient (Wildman–Crippen LogP) is 3.60. The van der Waals surface area contributed by atoms with Gasteiger partial charge < -0.3 is 15.1 Å². The molecule has 0 aliphatic carbocycles. The van der Waals surface area contributed by atoms with Gasteiger partial charge in [-0.15, -0.1) is 0 Å². The van der Waals surface area contributed by atoms with Crippen LogP contribution in [0.25, 0.3) is 0 Å². The Balaban J connectivity index is 1.54. The van der Waals surface area contributed by atoms with E-state index in [1.54, 1.807) is 12.1 Å². The SMILES string of the molecule is CS(=O)(=O)OC1CC(c2cccc(CN)c2)CCN1C(=O)c1ccc(C#Cc2ccccc2F)o1. The van der Waals surface area contributed by atoms with E-state index >= 15 is 0 Å². The highest BCUT2D eigenvalue weighted by Gasteiger charge is 2.36. The minimum Gasteiger partial charge on any atom is -0.443 e. The second-order valence-electron chi connectivity index (χ2n) is 8.32. The van der Waals surface area contributed by atoms with E-state index in [2.05, 4.69) is 11.8 Å². The number of furan rings is 1. The molecule has 35 heavy (non-hydrogen) atoms. The van der Waals surface area contributed by atoms with Gasteiger partial charge in [0.2, 0.25) is 0 Å². The maximum atomic E-state index is 13.8. The molecule has 0 radical (unpaired) electrons. The van der Waals surface area contributed by atoms with Gasteiger partial charge in [0.05, 0.1) is 11.8 Å². The van der Waals surface area contributed by atoms with Crippen LogP contribution in [0.1, 0.15) is 51.8 Å². The van der Waals surface area contributed by atoms with Crippen LogP contribution < -0.4 is 5.73 Å². The summed E-state index contributed by atoms with van der Waals surface area (Å²) in [6.45, 7) is 0.669. The van der Waals surface area contributed by atoms with Crippen LogP contribution in [-0.2, 0) is 20.8 Å². The van der Waals surface area contributed by atoms with Gasteiger partial charge in [0.1, 0.15) is 5.82 Å². The third-order valence-corrected chi connectivity index (χ3v) is 6.34. The molecule has 2 atom stereocenters. The number of hydrogen-bond acceptors (Lipinski definition) is 6. The third-order valence-electron chi connectivity index (χ3n) is 5.77. The molecule has 1 amide bonds. The van der Waals surface area contributed by atoms with Crippen molar-refractivity contribution in [3.05, 3.63) is 94.7 Å². The van der Waals surface area contributed by atoms with Crippen molar-refractivity contribution in [2.75, 3.05) is 12.8 Å². The summed E-state index contributed by atoms with van der Waals surface area (Å²) in [6.07, 6.45) is 0.880. The normalized spacial score (nSPS) is 18.1. The lowest BCUT2D eigenvalue weighted by Crippen LogP contribution is -2.47. The molecule has 1 fully saturated rings. The lowest BCUT2D eigenvalue weighted by atomic mass is 9.87. The van der Waals surface area contributed by atoms with Crippen LogP contribution in [0.2, 0.25) is 0 Å². The number of benzene rings is 2. The van der Waals surface area contributed by atoms with Gasteiger partial charge in [-0.1, -0.05) is 42.3 Å². The molecule has 0 spiro atoms. The number of carbonyl (C=O) groups is 1. The first-order chi connectivity index (χ1) is 16.7. The van der Waals surface area contributed by atoms with Gasteiger partial charge in [-0.3, -0.25) is 4.79 Å². The summed E-state index contributed by atoms with van der Waals surface area (Å²) in [5.74, 6) is 4.60. The van der Waals surface area contributed by atoms with Gasteiger partial charge >= 0.3 is 0 Å². The quantitative estimate of drug-likeness (QED) is 0.428. The monoisotopic (exact) mass is 496 g/mol. The van der Waals surface area contributed by atoms with Crippen molar-refractivity contribution >= 4 is 16.0 Å². The molecule has 3 aromatic rings. The van der Waals surface area contributed by atoms with Crippen LogP contribution in [0.5, 0.6) is 0 Å². The van der Waals surface area contributed by atoms with E-state index in [9.17, 15) is 17.6 Å². The summed E-state index contributed by atoms with van der Waals surface area (Å²) < 4.78 is 48.6. The molecule has 1 aliphatic heterocycles. The Morgan fingerprint density at radius 2 is 1.97 bits per heavy atom. The van der Waals surface area contributed by atoms with Crippen molar-refractivity contribution in [3.63, 3.8) is 0 Å². The molecule has 2 N–H and O–H groups in total. The summed E-state index contributed by atoms with van der Waals surface area (Å²) >= 11 is 0. The molecule has 4 rings (SSSR count). The minimum absolute atomic E-state index is 0.00361. The van der Waals surface area contributed by atoms with Crippen LogP contribution in [0.4, 0.5) is 4.39 Å². The number of piperidine rings is 1. The van der Waals surface area contributed by atoms with Crippen molar-refractivity contribution in [2.45, 2.75) is 31.5 Å². The number of nitrogens with two attached hydrogens (primary N) is 1. The Kier molecular flexibility index (Phi) is 7.36. The number of amides is 1. The number of carbonyl (C=O) groups excluding carboxylic acids is 1. The smallest absolute Gasteiger partial charge is 0.291 e. The first kappa shape index (κ1) is 24.7. The molecular formula is C26H25FN2O5S. The van der Waals surface area contributed by atoms with E-state index in [-0.39, 0.29) is 29.5 Å². The Bertz CT molecular complexity index is 1390. The first-order valence-electron chi connectivity index (χ1n) is 11.1. The van der Waals surface area contributed by atoms with E-state index in [0.29, 0.717) is 19.4 Å². The van der Waals surface area contributed by atoms with Crippen molar-refractivity contribution in [2.24, 2.45) is 5.73 Å². The number of nitrogens with zero attached hydrogens (tertiary/aromatic N) is 1. The zero-order valence-electron chi connectivity index (χ0n) is 19.1. The van der Waals surface area contributed by atoms with Gasteiger partial charge in [-0.25, -0.2) is 8.57 Å². The fourth-order valence-corrected chi connectivity index (χ4v) is 4.67. The molecule has 2 heterocycles. The fourth-order valence-electron chi connectivity index (χ4n) is 4.08. The maximum Gasteiger partial charge on any atom is 0.291 e. The van der Waals surface area contributed by atoms with Crippen LogP contribution in [-0.4, -0.2) is 38.3 Å².